The predicted octanol–water partition coefficient (Wildman–Crippen LogP) is 2.56. The van der Waals surface area contributed by atoms with Gasteiger partial charge in [0.05, 0.1) is 6.26 Å². The number of aromatic nitrogens is 2. The van der Waals surface area contributed by atoms with E-state index in [0.717, 1.165) is 3.92 Å². The topological polar surface area (TPSA) is 38.9 Å². The SMILES string of the molecule is Brc1nc(-c2ccco2)ns1. The van der Waals surface area contributed by atoms with Crippen LogP contribution in [-0.2, 0) is 0 Å². The van der Waals surface area contributed by atoms with E-state index in [1.54, 1.807) is 6.26 Å². The van der Waals surface area contributed by atoms with E-state index in [9.17, 15) is 0 Å². The van der Waals surface area contributed by atoms with Gasteiger partial charge in [-0.2, -0.15) is 4.37 Å². The molecule has 0 aromatic carbocycles. The Morgan fingerprint density at radius 3 is 3.00 bits per heavy atom. The normalized spacial score (nSPS) is 10.3. The fourth-order valence-electron chi connectivity index (χ4n) is 0.711. The third kappa shape index (κ3) is 1.34. The van der Waals surface area contributed by atoms with E-state index in [0.29, 0.717) is 11.6 Å². The fraction of sp³-hybridized carbons (Fsp3) is 0. The zero-order valence-corrected chi connectivity index (χ0v) is 7.72. The molecule has 3 nitrogen and oxygen atoms in total. The van der Waals surface area contributed by atoms with Gasteiger partial charge in [-0.25, -0.2) is 4.98 Å². The van der Waals surface area contributed by atoms with Crippen LogP contribution in [0.4, 0.5) is 0 Å². The molecule has 0 atom stereocenters. The fourth-order valence-corrected chi connectivity index (χ4v) is 1.52. The molecule has 2 rings (SSSR count). The number of hydrogen-bond acceptors (Lipinski definition) is 4. The third-order valence-electron chi connectivity index (χ3n) is 1.14. The lowest BCUT2D eigenvalue weighted by Gasteiger charge is -1.82. The second kappa shape index (κ2) is 2.75. The zero-order chi connectivity index (χ0) is 7.68. The molecule has 0 bridgehead atoms. The summed E-state index contributed by atoms with van der Waals surface area (Å²) < 4.78 is 9.91. The van der Waals surface area contributed by atoms with Crippen LogP contribution in [-0.4, -0.2) is 9.36 Å². The van der Waals surface area contributed by atoms with Gasteiger partial charge in [0.25, 0.3) is 0 Å². The highest BCUT2D eigenvalue weighted by molar-refractivity contribution is 9.11. The van der Waals surface area contributed by atoms with Gasteiger partial charge >= 0.3 is 0 Å². The van der Waals surface area contributed by atoms with E-state index in [1.165, 1.54) is 11.5 Å². The van der Waals surface area contributed by atoms with E-state index in [2.05, 4.69) is 25.3 Å². The first-order valence-corrected chi connectivity index (χ1v) is 4.46. The molecule has 0 aliphatic carbocycles. The van der Waals surface area contributed by atoms with Crippen molar-refractivity contribution >= 4 is 27.5 Å². The number of furan rings is 1. The van der Waals surface area contributed by atoms with Gasteiger partial charge in [0.15, 0.2) is 9.68 Å². The van der Waals surface area contributed by atoms with Crippen LogP contribution in [0, 0.1) is 0 Å². The van der Waals surface area contributed by atoms with Crippen LogP contribution in [0.25, 0.3) is 11.6 Å². The first-order chi connectivity index (χ1) is 5.36. The lowest BCUT2D eigenvalue weighted by Crippen LogP contribution is -1.73. The van der Waals surface area contributed by atoms with E-state index in [-0.39, 0.29) is 0 Å². The second-order valence-corrected chi connectivity index (χ2v) is 3.88. The van der Waals surface area contributed by atoms with Crippen molar-refractivity contribution in [1.29, 1.82) is 0 Å². The van der Waals surface area contributed by atoms with Crippen LogP contribution >= 0.6 is 27.5 Å². The molecule has 0 spiro atoms. The molecular weight excluding hydrogens is 228 g/mol. The molecule has 11 heavy (non-hydrogen) atoms. The van der Waals surface area contributed by atoms with Gasteiger partial charge in [0.1, 0.15) is 0 Å². The van der Waals surface area contributed by atoms with Crippen molar-refractivity contribution in [3.8, 4) is 11.6 Å². The van der Waals surface area contributed by atoms with Crippen LogP contribution < -0.4 is 0 Å². The standard InChI is InChI=1S/C6H3BrN2OS/c7-6-8-5(9-11-6)4-2-1-3-10-4/h1-3H. The minimum Gasteiger partial charge on any atom is -0.461 e. The van der Waals surface area contributed by atoms with E-state index in [4.69, 9.17) is 4.42 Å². The van der Waals surface area contributed by atoms with Crippen molar-refractivity contribution in [2.75, 3.05) is 0 Å². The van der Waals surface area contributed by atoms with Crippen LogP contribution in [0.15, 0.2) is 26.7 Å². The molecule has 0 saturated heterocycles. The third-order valence-corrected chi connectivity index (χ3v) is 2.26. The highest BCUT2D eigenvalue weighted by Crippen LogP contribution is 2.20. The van der Waals surface area contributed by atoms with Crippen molar-refractivity contribution in [2.45, 2.75) is 0 Å². The molecule has 0 fully saturated rings. The summed E-state index contributed by atoms with van der Waals surface area (Å²) in [5.41, 5.74) is 0. The molecule has 0 aliphatic rings. The van der Waals surface area contributed by atoms with Crippen molar-refractivity contribution in [3.05, 3.63) is 22.3 Å². The average molecular weight is 231 g/mol. The lowest BCUT2D eigenvalue weighted by atomic mass is 10.4. The second-order valence-electron chi connectivity index (χ2n) is 1.85. The first-order valence-electron chi connectivity index (χ1n) is 2.89. The van der Waals surface area contributed by atoms with E-state index >= 15 is 0 Å². The first kappa shape index (κ1) is 7.00. The van der Waals surface area contributed by atoms with Crippen molar-refractivity contribution in [1.82, 2.24) is 9.36 Å². The minimum atomic E-state index is 0.631. The van der Waals surface area contributed by atoms with Crippen molar-refractivity contribution in [3.63, 3.8) is 0 Å². The number of rotatable bonds is 1. The summed E-state index contributed by atoms with van der Waals surface area (Å²) in [5, 5.41) is 0. The van der Waals surface area contributed by atoms with Crippen LogP contribution in [0.3, 0.4) is 0 Å². The summed E-state index contributed by atoms with van der Waals surface area (Å²) in [6.07, 6.45) is 1.60. The number of hydrogen-bond donors (Lipinski definition) is 0. The minimum absolute atomic E-state index is 0.631. The van der Waals surface area contributed by atoms with Crippen LogP contribution in [0.2, 0.25) is 0 Å². The maximum absolute atomic E-state index is 5.09. The molecule has 56 valence electrons. The van der Waals surface area contributed by atoms with Gasteiger partial charge < -0.3 is 4.42 Å². The van der Waals surface area contributed by atoms with Crippen molar-refractivity contribution in [2.24, 2.45) is 0 Å². The number of halogens is 1. The van der Waals surface area contributed by atoms with E-state index < -0.39 is 0 Å². The molecule has 0 radical (unpaired) electrons. The quantitative estimate of drug-likeness (QED) is 0.756. The summed E-state index contributed by atoms with van der Waals surface area (Å²) in [6.45, 7) is 0. The highest BCUT2D eigenvalue weighted by Gasteiger charge is 2.05. The molecule has 2 aromatic rings. The molecular formula is C6H3BrN2OS. The van der Waals surface area contributed by atoms with Gasteiger partial charge in [-0.05, 0) is 39.6 Å². The van der Waals surface area contributed by atoms with Gasteiger partial charge in [-0.15, -0.1) is 0 Å². The number of nitrogens with zero attached hydrogens (tertiary/aromatic N) is 2. The smallest absolute Gasteiger partial charge is 0.209 e. The van der Waals surface area contributed by atoms with Crippen LogP contribution in [0.1, 0.15) is 0 Å². The van der Waals surface area contributed by atoms with Gasteiger partial charge in [0, 0.05) is 0 Å². The summed E-state index contributed by atoms with van der Waals surface area (Å²) in [5.74, 6) is 1.33. The molecule has 0 saturated carbocycles. The maximum Gasteiger partial charge on any atom is 0.209 e. The molecule has 0 unspecified atom stereocenters. The average Bonchev–Trinajstić information content (AvgIpc) is 2.55. The Balaban J connectivity index is 2.45. The molecule has 2 aromatic heterocycles. The summed E-state index contributed by atoms with van der Waals surface area (Å²) in [6, 6.07) is 3.64. The maximum atomic E-state index is 5.09. The van der Waals surface area contributed by atoms with Gasteiger partial charge in [-0.3, -0.25) is 0 Å². The molecule has 0 amide bonds. The van der Waals surface area contributed by atoms with E-state index in [1.807, 2.05) is 12.1 Å². The highest BCUT2D eigenvalue weighted by atomic mass is 79.9. The van der Waals surface area contributed by atoms with Gasteiger partial charge in [0.2, 0.25) is 5.82 Å². The molecule has 0 aliphatic heterocycles. The Bertz CT molecular complexity index is 343. The lowest BCUT2D eigenvalue weighted by molar-refractivity contribution is 0.578. The summed E-state index contributed by atoms with van der Waals surface area (Å²) in [4.78, 5) is 4.08. The largest absolute Gasteiger partial charge is 0.461 e. The monoisotopic (exact) mass is 230 g/mol. The summed E-state index contributed by atoms with van der Waals surface area (Å²) >= 11 is 4.52. The van der Waals surface area contributed by atoms with Crippen molar-refractivity contribution < 1.29 is 4.42 Å². The predicted molar refractivity (Wildman–Crippen MR) is 45.3 cm³/mol. The Labute approximate surface area is 75.4 Å². The molecule has 0 N–H and O–H groups in total. The Hall–Kier alpha value is -0.680. The molecule has 2 heterocycles. The van der Waals surface area contributed by atoms with Crippen LogP contribution in [0.5, 0.6) is 0 Å². The Kier molecular flexibility index (Phi) is 1.75. The zero-order valence-electron chi connectivity index (χ0n) is 5.32. The molecule has 5 heteroatoms. The Morgan fingerprint density at radius 1 is 1.55 bits per heavy atom. The Morgan fingerprint density at radius 2 is 2.45 bits per heavy atom. The summed E-state index contributed by atoms with van der Waals surface area (Å²) in [7, 11) is 0. The van der Waals surface area contributed by atoms with Gasteiger partial charge in [-0.1, -0.05) is 0 Å².